The molecular formula is C18H20BrFN2O. The van der Waals surface area contributed by atoms with Gasteiger partial charge in [0.1, 0.15) is 5.82 Å². The van der Waals surface area contributed by atoms with Gasteiger partial charge in [0.05, 0.1) is 5.56 Å². The number of hydrogen-bond acceptors (Lipinski definition) is 2. The minimum Gasteiger partial charge on any atom is -0.333 e. The number of carbonyl (C=O) groups excluding carboxylic acids is 1. The fourth-order valence-corrected chi connectivity index (χ4v) is 2.73. The third-order valence-electron chi connectivity index (χ3n) is 3.48. The molecule has 0 atom stereocenters. The van der Waals surface area contributed by atoms with Gasteiger partial charge in [-0.15, -0.1) is 0 Å². The Balaban J connectivity index is 2.22. The summed E-state index contributed by atoms with van der Waals surface area (Å²) in [5.74, 6) is -0.473. The SMILES string of the molecule is CN(C)CCN(Cc1ccccc1)C(=O)c1ccc(F)cc1Br. The topological polar surface area (TPSA) is 23.6 Å². The summed E-state index contributed by atoms with van der Waals surface area (Å²) in [5.41, 5.74) is 1.54. The lowest BCUT2D eigenvalue weighted by Gasteiger charge is -2.25. The molecule has 0 spiro atoms. The van der Waals surface area contributed by atoms with E-state index in [-0.39, 0.29) is 11.7 Å². The number of halogens is 2. The Hall–Kier alpha value is -1.72. The third-order valence-corrected chi connectivity index (χ3v) is 4.14. The van der Waals surface area contributed by atoms with Crippen LogP contribution in [0.2, 0.25) is 0 Å². The van der Waals surface area contributed by atoms with E-state index in [1.54, 1.807) is 4.90 Å². The molecule has 5 heteroatoms. The number of rotatable bonds is 6. The number of nitrogens with zero attached hydrogens (tertiary/aromatic N) is 2. The zero-order valence-electron chi connectivity index (χ0n) is 13.3. The van der Waals surface area contributed by atoms with Crippen molar-refractivity contribution in [1.82, 2.24) is 9.80 Å². The Morgan fingerprint density at radius 1 is 1.09 bits per heavy atom. The van der Waals surface area contributed by atoms with E-state index in [4.69, 9.17) is 0 Å². The standard InChI is InChI=1S/C18H20BrFN2O/c1-21(2)10-11-22(13-14-6-4-3-5-7-14)18(23)16-9-8-15(20)12-17(16)19/h3-9,12H,10-11,13H2,1-2H3. The molecule has 122 valence electrons. The predicted molar refractivity (Wildman–Crippen MR) is 93.8 cm³/mol. The zero-order chi connectivity index (χ0) is 16.8. The minimum absolute atomic E-state index is 0.109. The van der Waals surface area contributed by atoms with Crippen LogP contribution in [0.4, 0.5) is 4.39 Å². The lowest BCUT2D eigenvalue weighted by atomic mass is 10.1. The number of benzene rings is 2. The fraction of sp³-hybridized carbons (Fsp3) is 0.278. The molecule has 0 bridgehead atoms. The van der Waals surface area contributed by atoms with Crippen LogP contribution < -0.4 is 0 Å². The van der Waals surface area contributed by atoms with Gasteiger partial charge < -0.3 is 9.80 Å². The Bertz CT molecular complexity index is 661. The second-order valence-electron chi connectivity index (χ2n) is 5.64. The van der Waals surface area contributed by atoms with Crippen molar-refractivity contribution in [2.45, 2.75) is 6.54 Å². The van der Waals surface area contributed by atoms with Crippen LogP contribution in [0.5, 0.6) is 0 Å². The van der Waals surface area contributed by atoms with Gasteiger partial charge in [0, 0.05) is 24.1 Å². The molecular weight excluding hydrogens is 359 g/mol. The van der Waals surface area contributed by atoms with Crippen molar-refractivity contribution in [2.75, 3.05) is 27.2 Å². The van der Waals surface area contributed by atoms with Crippen molar-refractivity contribution >= 4 is 21.8 Å². The number of carbonyl (C=O) groups is 1. The van der Waals surface area contributed by atoms with E-state index in [9.17, 15) is 9.18 Å². The van der Waals surface area contributed by atoms with Gasteiger partial charge in [-0.05, 0) is 53.8 Å². The Morgan fingerprint density at radius 3 is 2.39 bits per heavy atom. The summed E-state index contributed by atoms with van der Waals surface area (Å²) < 4.78 is 13.7. The van der Waals surface area contributed by atoms with E-state index in [1.807, 2.05) is 49.3 Å². The van der Waals surface area contributed by atoms with Gasteiger partial charge >= 0.3 is 0 Å². The predicted octanol–water partition coefficient (Wildman–Crippen LogP) is 3.79. The maximum absolute atomic E-state index is 13.3. The molecule has 2 aromatic rings. The molecule has 0 fully saturated rings. The van der Waals surface area contributed by atoms with E-state index in [0.717, 1.165) is 12.1 Å². The van der Waals surface area contributed by atoms with Gasteiger partial charge in [0.15, 0.2) is 0 Å². The van der Waals surface area contributed by atoms with E-state index >= 15 is 0 Å². The Labute approximate surface area is 144 Å². The van der Waals surface area contributed by atoms with Gasteiger partial charge in [-0.2, -0.15) is 0 Å². The van der Waals surface area contributed by atoms with Crippen molar-refractivity contribution < 1.29 is 9.18 Å². The molecule has 1 amide bonds. The molecule has 0 unspecified atom stereocenters. The maximum Gasteiger partial charge on any atom is 0.255 e. The van der Waals surface area contributed by atoms with E-state index in [2.05, 4.69) is 15.9 Å². The summed E-state index contributed by atoms with van der Waals surface area (Å²) in [6.45, 7) is 1.89. The molecule has 0 radical (unpaired) electrons. The van der Waals surface area contributed by atoms with Gasteiger partial charge in [0.25, 0.3) is 5.91 Å². The highest BCUT2D eigenvalue weighted by Crippen LogP contribution is 2.20. The van der Waals surface area contributed by atoms with Crippen molar-refractivity contribution in [2.24, 2.45) is 0 Å². The molecule has 0 aromatic heterocycles. The Kier molecular flexibility index (Phi) is 6.30. The lowest BCUT2D eigenvalue weighted by Crippen LogP contribution is -2.36. The number of hydrogen-bond donors (Lipinski definition) is 0. The van der Waals surface area contributed by atoms with Crippen LogP contribution >= 0.6 is 15.9 Å². The molecule has 0 aliphatic carbocycles. The zero-order valence-corrected chi connectivity index (χ0v) is 14.9. The second kappa shape index (κ2) is 8.22. The summed E-state index contributed by atoms with van der Waals surface area (Å²) in [6, 6.07) is 14.0. The first kappa shape index (κ1) is 17.6. The largest absolute Gasteiger partial charge is 0.333 e. The molecule has 2 aromatic carbocycles. The quantitative estimate of drug-likeness (QED) is 0.763. The first-order chi connectivity index (χ1) is 11.0. The van der Waals surface area contributed by atoms with Crippen LogP contribution in [0.15, 0.2) is 53.0 Å². The summed E-state index contributed by atoms with van der Waals surface area (Å²) in [6.07, 6.45) is 0. The van der Waals surface area contributed by atoms with Gasteiger partial charge in [-0.1, -0.05) is 30.3 Å². The molecule has 0 saturated carbocycles. The molecule has 0 aliphatic rings. The number of amides is 1. The van der Waals surface area contributed by atoms with E-state index in [0.29, 0.717) is 23.1 Å². The van der Waals surface area contributed by atoms with Gasteiger partial charge in [0.2, 0.25) is 0 Å². The molecule has 23 heavy (non-hydrogen) atoms. The van der Waals surface area contributed by atoms with Crippen LogP contribution in [0.25, 0.3) is 0 Å². The molecule has 0 aliphatic heterocycles. The van der Waals surface area contributed by atoms with Crippen LogP contribution in [-0.4, -0.2) is 42.9 Å². The highest BCUT2D eigenvalue weighted by molar-refractivity contribution is 9.10. The summed E-state index contributed by atoms with van der Waals surface area (Å²) in [7, 11) is 3.94. The molecule has 0 saturated heterocycles. The van der Waals surface area contributed by atoms with Crippen molar-refractivity contribution in [3.8, 4) is 0 Å². The summed E-state index contributed by atoms with van der Waals surface area (Å²) in [4.78, 5) is 16.7. The number of likely N-dealkylation sites (N-methyl/N-ethyl adjacent to an activating group) is 1. The average Bonchev–Trinajstić information content (AvgIpc) is 2.51. The summed E-state index contributed by atoms with van der Waals surface area (Å²) in [5, 5.41) is 0. The fourth-order valence-electron chi connectivity index (χ4n) is 2.21. The highest BCUT2D eigenvalue weighted by Gasteiger charge is 2.19. The van der Waals surface area contributed by atoms with Crippen LogP contribution in [-0.2, 0) is 6.54 Å². The monoisotopic (exact) mass is 378 g/mol. The van der Waals surface area contributed by atoms with Crippen molar-refractivity contribution in [3.05, 3.63) is 69.9 Å². The molecule has 0 heterocycles. The average molecular weight is 379 g/mol. The van der Waals surface area contributed by atoms with Gasteiger partial charge in [-0.3, -0.25) is 4.79 Å². The first-order valence-electron chi connectivity index (χ1n) is 7.40. The highest BCUT2D eigenvalue weighted by atomic mass is 79.9. The first-order valence-corrected chi connectivity index (χ1v) is 8.19. The van der Waals surface area contributed by atoms with Crippen LogP contribution in [0.3, 0.4) is 0 Å². The lowest BCUT2D eigenvalue weighted by molar-refractivity contribution is 0.0731. The third kappa shape index (κ3) is 5.15. The maximum atomic E-state index is 13.3. The normalized spacial score (nSPS) is 10.8. The van der Waals surface area contributed by atoms with Crippen LogP contribution in [0, 0.1) is 5.82 Å². The van der Waals surface area contributed by atoms with E-state index in [1.165, 1.54) is 18.2 Å². The smallest absolute Gasteiger partial charge is 0.255 e. The second-order valence-corrected chi connectivity index (χ2v) is 6.49. The van der Waals surface area contributed by atoms with E-state index < -0.39 is 0 Å². The van der Waals surface area contributed by atoms with Gasteiger partial charge in [-0.25, -0.2) is 4.39 Å². The van der Waals surface area contributed by atoms with Crippen LogP contribution in [0.1, 0.15) is 15.9 Å². The molecule has 3 nitrogen and oxygen atoms in total. The molecule has 0 N–H and O–H groups in total. The molecule has 2 rings (SSSR count). The van der Waals surface area contributed by atoms with Crippen molar-refractivity contribution in [1.29, 1.82) is 0 Å². The van der Waals surface area contributed by atoms with Crippen molar-refractivity contribution in [3.63, 3.8) is 0 Å². The Morgan fingerprint density at radius 2 is 1.78 bits per heavy atom. The minimum atomic E-state index is -0.365. The summed E-state index contributed by atoms with van der Waals surface area (Å²) >= 11 is 3.28.